The van der Waals surface area contributed by atoms with Gasteiger partial charge >= 0.3 is 0 Å². The largest absolute Gasteiger partial charge is 0.378 e. The molecule has 0 unspecified atom stereocenters. The second-order valence-electron chi connectivity index (χ2n) is 9.55. The number of hydrogen-bond acceptors (Lipinski definition) is 5. The van der Waals surface area contributed by atoms with Crippen LogP contribution in [0.15, 0.2) is 114 Å². The van der Waals surface area contributed by atoms with E-state index in [1.165, 1.54) is 11.8 Å². The molecule has 3 amide bonds. The molecule has 0 fully saturated rings. The molecule has 208 valence electrons. The quantitative estimate of drug-likeness (QED) is 0.158. The van der Waals surface area contributed by atoms with Crippen molar-refractivity contribution in [2.24, 2.45) is 0 Å². The molecule has 7 nitrogen and oxygen atoms in total. The number of aryl methyl sites for hydroxylation is 1. The Bertz CT molecular complexity index is 1530. The zero-order valence-corrected chi connectivity index (χ0v) is 24.0. The lowest BCUT2D eigenvalue weighted by Gasteiger charge is -2.14. The fraction of sp³-hybridized carbons (Fsp3) is 0.121. The molecule has 0 heterocycles. The first-order valence-electron chi connectivity index (χ1n) is 13.0. The van der Waals surface area contributed by atoms with Gasteiger partial charge in [0.25, 0.3) is 11.8 Å². The van der Waals surface area contributed by atoms with E-state index in [0.717, 1.165) is 27.4 Å². The highest BCUT2D eigenvalue weighted by molar-refractivity contribution is 8.00. The van der Waals surface area contributed by atoms with E-state index in [0.29, 0.717) is 11.3 Å². The molecule has 4 aromatic rings. The summed E-state index contributed by atoms with van der Waals surface area (Å²) in [6.07, 6.45) is 1.64. The standard InChI is InChI=1S/C33H32N4O3S/c1-23-12-16-26(17-13-23)34-31(38)22-41-29-11-7-10-27(21-29)35-33(40)30(36-32(39)25-8-5-4-6-9-25)20-24-14-18-28(19-15-24)37(2)3/h4-21H,22H2,1-3H3,(H,34,38)(H,35,40)(H,36,39)/b30-20+. The molecular weight excluding hydrogens is 532 g/mol. The maximum Gasteiger partial charge on any atom is 0.272 e. The normalized spacial score (nSPS) is 11.0. The molecule has 0 aliphatic rings. The Morgan fingerprint density at radius 2 is 1.49 bits per heavy atom. The van der Waals surface area contributed by atoms with Crippen LogP contribution in [0.5, 0.6) is 0 Å². The van der Waals surface area contributed by atoms with Gasteiger partial charge in [-0.2, -0.15) is 0 Å². The smallest absolute Gasteiger partial charge is 0.272 e. The lowest BCUT2D eigenvalue weighted by molar-refractivity contribution is -0.114. The number of thioether (sulfide) groups is 1. The van der Waals surface area contributed by atoms with E-state index in [1.807, 2.05) is 92.6 Å². The van der Waals surface area contributed by atoms with Crippen molar-refractivity contribution in [2.45, 2.75) is 11.8 Å². The molecule has 0 aromatic heterocycles. The van der Waals surface area contributed by atoms with Crippen LogP contribution in [-0.4, -0.2) is 37.6 Å². The molecule has 0 atom stereocenters. The van der Waals surface area contributed by atoms with Crippen molar-refractivity contribution in [1.82, 2.24) is 5.32 Å². The third-order valence-electron chi connectivity index (χ3n) is 6.05. The first-order valence-corrected chi connectivity index (χ1v) is 14.0. The van der Waals surface area contributed by atoms with Crippen molar-refractivity contribution in [3.63, 3.8) is 0 Å². The van der Waals surface area contributed by atoms with Crippen LogP contribution in [0, 0.1) is 6.92 Å². The Hall–Kier alpha value is -4.82. The molecule has 0 radical (unpaired) electrons. The van der Waals surface area contributed by atoms with Gasteiger partial charge < -0.3 is 20.9 Å². The van der Waals surface area contributed by atoms with Gasteiger partial charge in [-0.1, -0.05) is 54.1 Å². The first-order chi connectivity index (χ1) is 19.8. The number of rotatable bonds is 10. The van der Waals surface area contributed by atoms with Gasteiger partial charge in [0.1, 0.15) is 5.70 Å². The third-order valence-corrected chi connectivity index (χ3v) is 7.04. The van der Waals surface area contributed by atoms with Gasteiger partial charge in [-0.05, 0) is 73.2 Å². The van der Waals surface area contributed by atoms with Crippen LogP contribution in [0.25, 0.3) is 6.08 Å². The number of carbonyl (C=O) groups excluding carboxylic acids is 3. The second kappa shape index (κ2) is 14.0. The molecule has 0 spiro atoms. The SMILES string of the molecule is Cc1ccc(NC(=O)CSc2cccc(NC(=O)/C(=C\c3ccc(N(C)C)cc3)NC(=O)c3ccccc3)c2)cc1. The summed E-state index contributed by atoms with van der Waals surface area (Å²) in [7, 11) is 3.90. The summed E-state index contributed by atoms with van der Waals surface area (Å²) in [4.78, 5) is 41.5. The Labute approximate surface area is 244 Å². The Morgan fingerprint density at radius 1 is 0.780 bits per heavy atom. The van der Waals surface area contributed by atoms with Crippen molar-refractivity contribution < 1.29 is 14.4 Å². The summed E-state index contributed by atoms with van der Waals surface area (Å²) in [5.74, 6) is -0.763. The number of amides is 3. The molecule has 0 aliphatic heterocycles. The molecular formula is C33H32N4O3S. The van der Waals surface area contributed by atoms with Gasteiger partial charge in [0.15, 0.2) is 0 Å². The predicted molar refractivity (Wildman–Crippen MR) is 168 cm³/mol. The highest BCUT2D eigenvalue weighted by atomic mass is 32.2. The molecule has 0 bridgehead atoms. The molecule has 4 rings (SSSR count). The number of nitrogens with zero attached hydrogens (tertiary/aromatic N) is 1. The molecule has 41 heavy (non-hydrogen) atoms. The van der Waals surface area contributed by atoms with E-state index in [4.69, 9.17) is 0 Å². The number of carbonyl (C=O) groups is 3. The Balaban J connectivity index is 1.46. The summed E-state index contributed by atoms with van der Waals surface area (Å²) >= 11 is 1.36. The van der Waals surface area contributed by atoms with Crippen molar-refractivity contribution >= 4 is 52.6 Å². The molecule has 0 saturated carbocycles. The van der Waals surface area contributed by atoms with Crippen LogP contribution in [0.4, 0.5) is 17.1 Å². The third kappa shape index (κ3) is 8.84. The van der Waals surface area contributed by atoms with Gasteiger partial charge in [0.2, 0.25) is 5.91 Å². The minimum Gasteiger partial charge on any atom is -0.378 e. The fourth-order valence-electron chi connectivity index (χ4n) is 3.82. The van der Waals surface area contributed by atoms with E-state index in [1.54, 1.807) is 42.5 Å². The van der Waals surface area contributed by atoms with Crippen molar-refractivity contribution in [1.29, 1.82) is 0 Å². The van der Waals surface area contributed by atoms with Crippen LogP contribution in [0.1, 0.15) is 21.5 Å². The van der Waals surface area contributed by atoms with E-state index in [2.05, 4.69) is 16.0 Å². The average Bonchev–Trinajstić information content (AvgIpc) is 2.98. The maximum absolute atomic E-state index is 13.4. The molecule has 0 aliphatic carbocycles. The van der Waals surface area contributed by atoms with E-state index >= 15 is 0 Å². The van der Waals surface area contributed by atoms with E-state index < -0.39 is 5.91 Å². The summed E-state index contributed by atoms with van der Waals surface area (Å²) < 4.78 is 0. The second-order valence-corrected chi connectivity index (χ2v) is 10.6. The van der Waals surface area contributed by atoms with Crippen LogP contribution in [-0.2, 0) is 9.59 Å². The maximum atomic E-state index is 13.4. The monoisotopic (exact) mass is 564 g/mol. The summed E-state index contributed by atoms with van der Waals surface area (Å²) in [5, 5.41) is 8.53. The van der Waals surface area contributed by atoms with Crippen LogP contribution >= 0.6 is 11.8 Å². The molecule has 4 aromatic carbocycles. The number of nitrogens with one attached hydrogen (secondary N) is 3. The lowest BCUT2D eigenvalue weighted by Crippen LogP contribution is -2.30. The Morgan fingerprint density at radius 3 is 2.17 bits per heavy atom. The number of benzene rings is 4. The fourth-order valence-corrected chi connectivity index (χ4v) is 4.58. The van der Waals surface area contributed by atoms with Crippen molar-refractivity contribution in [3.8, 4) is 0 Å². The van der Waals surface area contributed by atoms with Gasteiger partial charge in [-0.3, -0.25) is 14.4 Å². The van der Waals surface area contributed by atoms with Gasteiger partial charge in [-0.15, -0.1) is 11.8 Å². The van der Waals surface area contributed by atoms with Crippen molar-refractivity contribution in [2.75, 3.05) is 35.4 Å². The molecule has 3 N–H and O–H groups in total. The topological polar surface area (TPSA) is 90.5 Å². The van der Waals surface area contributed by atoms with Gasteiger partial charge in [0, 0.05) is 41.6 Å². The van der Waals surface area contributed by atoms with Crippen LogP contribution < -0.4 is 20.9 Å². The van der Waals surface area contributed by atoms with Crippen LogP contribution in [0.2, 0.25) is 0 Å². The van der Waals surface area contributed by atoms with Gasteiger partial charge in [-0.25, -0.2) is 0 Å². The highest BCUT2D eigenvalue weighted by Crippen LogP contribution is 2.23. The average molecular weight is 565 g/mol. The highest BCUT2D eigenvalue weighted by Gasteiger charge is 2.15. The summed E-state index contributed by atoms with van der Waals surface area (Å²) in [6, 6.07) is 31.2. The summed E-state index contributed by atoms with van der Waals surface area (Å²) in [5.41, 5.74) is 4.73. The summed E-state index contributed by atoms with van der Waals surface area (Å²) in [6.45, 7) is 1.99. The van der Waals surface area contributed by atoms with Crippen molar-refractivity contribution in [3.05, 3.63) is 126 Å². The van der Waals surface area contributed by atoms with E-state index in [9.17, 15) is 14.4 Å². The van der Waals surface area contributed by atoms with E-state index in [-0.39, 0.29) is 23.3 Å². The number of hydrogen-bond donors (Lipinski definition) is 3. The Kier molecular flexibility index (Phi) is 9.96. The number of anilines is 3. The minimum absolute atomic E-state index is 0.104. The zero-order chi connectivity index (χ0) is 29.2. The van der Waals surface area contributed by atoms with Crippen LogP contribution in [0.3, 0.4) is 0 Å². The van der Waals surface area contributed by atoms with Gasteiger partial charge in [0.05, 0.1) is 5.75 Å². The lowest BCUT2D eigenvalue weighted by atomic mass is 10.1. The zero-order valence-electron chi connectivity index (χ0n) is 23.2. The predicted octanol–water partition coefficient (Wildman–Crippen LogP) is 6.20. The minimum atomic E-state index is -0.467. The molecule has 0 saturated heterocycles. The molecule has 8 heteroatoms. The first kappa shape index (κ1) is 29.2.